The molecule has 0 aliphatic rings. The largest absolute Gasteiger partial charge is 0.497 e. The van der Waals surface area contributed by atoms with Crippen LogP contribution < -0.4 is 19.5 Å². The van der Waals surface area contributed by atoms with Gasteiger partial charge in [-0.25, -0.2) is 9.97 Å². The van der Waals surface area contributed by atoms with Crippen molar-refractivity contribution in [1.29, 1.82) is 0 Å². The van der Waals surface area contributed by atoms with Crippen molar-refractivity contribution in [2.45, 2.75) is 20.8 Å². The van der Waals surface area contributed by atoms with E-state index in [0.29, 0.717) is 18.2 Å². The number of hydrogen-bond acceptors (Lipinski definition) is 7. The molecule has 0 fully saturated rings. The zero-order chi connectivity index (χ0) is 22.0. The molecule has 4 aromatic rings. The molecule has 0 unspecified atom stereocenters. The third-order valence-corrected chi connectivity index (χ3v) is 5.95. The van der Waals surface area contributed by atoms with Crippen LogP contribution in [0.5, 0.6) is 17.2 Å². The van der Waals surface area contributed by atoms with Gasteiger partial charge >= 0.3 is 0 Å². The smallest absolute Gasteiger partial charge is 0.143 e. The number of ether oxygens (including phenoxy) is 3. The minimum atomic E-state index is 0.642. The second-order valence-corrected chi connectivity index (χ2v) is 8.18. The topological polar surface area (TPSA) is 65.5 Å². The summed E-state index contributed by atoms with van der Waals surface area (Å²) >= 11 is 1.67. The molecule has 6 nitrogen and oxygen atoms in total. The number of aryl methyl sites for hydroxylation is 2. The van der Waals surface area contributed by atoms with Crippen LogP contribution in [0.1, 0.15) is 17.6 Å². The predicted octanol–water partition coefficient (Wildman–Crippen LogP) is 6.13. The zero-order valence-electron chi connectivity index (χ0n) is 18.3. The van der Waals surface area contributed by atoms with Crippen molar-refractivity contribution in [3.05, 3.63) is 53.2 Å². The molecule has 0 saturated heterocycles. The van der Waals surface area contributed by atoms with Crippen LogP contribution in [0, 0.1) is 13.8 Å². The fourth-order valence-electron chi connectivity index (χ4n) is 3.58. The lowest BCUT2D eigenvalue weighted by Gasteiger charge is -2.14. The van der Waals surface area contributed by atoms with Crippen LogP contribution in [0.3, 0.4) is 0 Å². The lowest BCUT2D eigenvalue weighted by atomic mass is 10.0. The molecule has 31 heavy (non-hydrogen) atoms. The van der Waals surface area contributed by atoms with E-state index < -0.39 is 0 Å². The second-order valence-electron chi connectivity index (χ2n) is 6.98. The standard InChI is InChI=1S/C24H25N3O3S/c1-6-30-17-9-7-16(8-10-17)21-14(2)31-24-22(21)23(25-15(3)26-24)27-19-13-18(28-4)11-12-20(19)29-5/h7-13H,6H2,1-5H3,(H,25,26,27). The van der Waals surface area contributed by atoms with Crippen LogP contribution in [-0.2, 0) is 0 Å². The molecule has 2 heterocycles. The Balaban J connectivity index is 1.87. The van der Waals surface area contributed by atoms with E-state index in [4.69, 9.17) is 24.2 Å². The summed E-state index contributed by atoms with van der Waals surface area (Å²) in [4.78, 5) is 11.6. The summed E-state index contributed by atoms with van der Waals surface area (Å²) in [6.07, 6.45) is 0. The molecule has 2 aromatic heterocycles. The molecular weight excluding hydrogens is 410 g/mol. The van der Waals surface area contributed by atoms with Gasteiger partial charge in [-0.3, -0.25) is 0 Å². The van der Waals surface area contributed by atoms with Crippen molar-refractivity contribution in [2.75, 3.05) is 26.1 Å². The van der Waals surface area contributed by atoms with Crippen molar-refractivity contribution in [1.82, 2.24) is 9.97 Å². The van der Waals surface area contributed by atoms with E-state index in [2.05, 4.69) is 24.4 Å². The molecule has 0 radical (unpaired) electrons. The van der Waals surface area contributed by atoms with Crippen molar-refractivity contribution in [3.8, 4) is 28.4 Å². The highest BCUT2D eigenvalue weighted by atomic mass is 32.1. The number of methoxy groups -OCH3 is 2. The lowest BCUT2D eigenvalue weighted by Crippen LogP contribution is -2.01. The number of benzene rings is 2. The number of hydrogen-bond donors (Lipinski definition) is 1. The normalized spacial score (nSPS) is 10.9. The van der Waals surface area contributed by atoms with Gasteiger partial charge in [0.2, 0.25) is 0 Å². The van der Waals surface area contributed by atoms with E-state index in [9.17, 15) is 0 Å². The van der Waals surface area contributed by atoms with E-state index in [1.165, 1.54) is 4.88 Å². The van der Waals surface area contributed by atoms with Gasteiger partial charge < -0.3 is 19.5 Å². The van der Waals surface area contributed by atoms with Crippen LogP contribution in [0.15, 0.2) is 42.5 Å². The number of aromatic nitrogens is 2. The van der Waals surface area contributed by atoms with Gasteiger partial charge in [-0.05, 0) is 50.6 Å². The molecule has 0 bridgehead atoms. The number of thiophene rings is 1. The van der Waals surface area contributed by atoms with Gasteiger partial charge in [-0.2, -0.15) is 0 Å². The predicted molar refractivity (Wildman–Crippen MR) is 126 cm³/mol. The summed E-state index contributed by atoms with van der Waals surface area (Å²) in [5, 5.41) is 4.45. The highest BCUT2D eigenvalue weighted by Gasteiger charge is 2.19. The first kappa shape index (κ1) is 20.9. The zero-order valence-corrected chi connectivity index (χ0v) is 19.1. The van der Waals surface area contributed by atoms with Gasteiger partial charge in [0.25, 0.3) is 0 Å². The SMILES string of the molecule is CCOc1ccc(-c2c(C)sc3nc(C)nc(Nc4cc(OC)ccc4OC)c23)cc1. The molecule has 7 heteroatoms. The summed E-state index contributed by atoms with van der Waals surface area (Å²) in [5.41, 5.74) is 3.00. The van der Waals surface area contributed by atoms with E-state index in [-0.39, 0.29) is 0 Å². The van der Waals surface area contributed by atoms with Crippen LogP contribution in [0.2, 0.25) is 0 Å². The molecule has 1 N–H and O–H groups in total. The summed E-state index contributed by atoms with van der Waals surface area (Å²) in [6.45, 7) is 6.64. The van der Waals surface area contributed by atoms with Gasteiger partial charge in [-0.15, -0.1) is 11.3 Å². The molecular formula is C24H25N3O3S. The van der Waals surface area contributed by atoms with Gasteiger partial charge in [0.15, 0.2) is 0 Å². The van der Waals surface area contributed by atoms with E-state index in [0.717, 1.165) is 44.3 Å². The Morgan fingerprint density at radius 2 is 1.68 bits per heavy atom. The Morgan fingerprint density at radius 3 is 2.35 bits per heavy atom. The minimum absolute atomic E-state index is 0.642. The van der Waals surface area contributed by atoms with Gasteiger partial charge in [0.05, 0.1) is 31.9 Å². The molecule has 0 saturated carbocycles. The molecule has 160 valence electrons. The highest BCUT2D eigenvalue weighted by molar-refractivity contribution is 7.19. The third kappa shape index (κ3) is 4.14. The van der Waals surface area contributed by atoms with Crippen LogP contribution in [-0.4, -0.2) is 30.8 Å². The highest BCUT2D eigenvalue weighted by Crippen LogP contribution is 2.42. The number of rotatable bonds is 7. The Kier molecular flexibility index (Phi) is 5.95. The Bertz CT molecular complexity index is 1220. The average Bonchev–Trinajstić information content (AvgIpc) is 3.10. The summed E-state index contributed by atoms with van der Waals surface area (Å²) in [6, 6.07) is 13.8. The first-order valence-electron chi connectivity index (χ1n) is 10.0. The first-order chi connectivity index (χ1) is 15.0. The molecule has 0 aliphatic carbocycles. The number of fused-ring (bicyclic) bond motifs is 1. The third-order valence-electron chi connectivity index (χ3n) is 4.95. The number of nitrogens with one attached hydrogen (secondary N) is 1. The molecule has 2 aromatic carbocycles. The molecule has 0 amide bonds. The quantitative estimate of drug-likeness (QED) is 0.376. The minimum Gasteiger partial charge on any atom is -0.497 e. The maximum atomic E-state index is 5.60. The maximum Gasteiger partial charge on any atom is 0.143 e. The Hall–Kier alpha value is -3.32. The van der Waals surface area contributed by atoms with Gasteiger partial charge in [-0.1, -0.05) is 12.1 Å². The summed E-state index contributed by atoms with van der Waals surface area (Å²) < 4.78 is 16.5. The first-order valence-corrected chi connectivity index (χ1v) is 10.9. The fourth-order valence-corrected chi connectivity index (χ4v) is 4.67. The number of anilines is 2. The van der Waals surface area contributed by atoms with Gasteiger partial charge in [0.1, 0.15) is 33.7 Å². The summed E-state index contributed by atoms with van der Waals surface area (Å²) in [5.74, 6) is 3.74. The molecule has 4 rings (SSSR count). The van der Waals surface area contributed by atoms with Crippen molar-refractivity contribution >= 4 is 33.1 Å². The van der Waals surface area contributed by atoms with E-state index in [1.807, 2.05) is 44.2 Å². The Morgan fingerprint density at radius 1 is 0.935 bits per heavy atom. The van der Waals surface area contributed by atoms with Gasteiger partial charge in [0, 0.05) is 16.5 Å². The monoisotopic (exact) mass is 435 g/mol. The van der Waals surface area contributed by atoms with Crippen molar-refractivity contribution in [3.63, 3.8) is 0 Å². The molecule has 0 aliphatic heterocycles. The lowest BCUT2D eigenvalue weighted by molar-refractivity contribution is 0.340. The van der Waals surface area contributed by atoms with Crippen LogP contribution in [0.4, 0.5) is 11.5 Å². The van der Waals surface area contributed by atoms with Crippen molar-refractivity contribution < 1.29 is 14.2 Å². The second kappa shape index (κ2) is 8.81. The number of nitrogens with zero attached hydrogens (tertiary/aromatic N) is 2. The molecule has 0 atom stereocenters. The fraction of sp³-hybridized carbons (Fsp3) is 0.250. The average molecular weight is 436 g/mol. The van der Waals surface area contributed by atoms with E-state index >= 15 is 0 Å². The Labute approximate surface area is 185 Å². The van der Waals surface area contributed by atoms with Crippen LogP contribution >= 0.6 is 11.3 Å². The van der Waals surface area contributed by atoms with Crippen molar-refractivity contribution in [2.24, 2.45) is 0 Å². The maximum absolute atomic E-state index is 5.60. The van der Waals surface area contributed by atoms with E-state index in [1.54, 1.807) is 25.6 Å². The summed E-state index contributed by atoms with van der Waals surface area (Å²) in [7, 11) is 3.29. The van der Waals surface area contributed by atoms with Crippen LogP contribution in [0.25, 0.3) is 21.3 Å². The molecule has 0 spiro atoms.